The average Bonchev–Trinajstić information content (AvgIpc) is 2.66. The number of urea groups is 1. The van der Waals surface area contributed by atoms with E-state index in [0.717, 1.165) is 0 Å². The summed E-state index contributed by atoms with van der Waals surface area (Å²) >= 11 is 0. The van der Waals surface area contributed by atoms with Gasteiger partial charge in [-0.2, -0.15) is 13.2 Å². The van der Waals surface area contributed by atoms with Gasteiger partial charge in [-0.3, -0.25) is 4.79 Å². The summed E-state index contributed by atoms with van der Waals surface area (Å²) in [7, 11) is 0. The molecular formula is C20H21F5N2O4. The van der Waals surface area contributed by atoms with Gasteiger partial charge in [-0.1, -0.05) is 0 Å². The van der Waals surface area contributed by atoms with Crippen LogP contribution in [0.1, 0.15) is 24.0 Å². The quantitative estimate of drug-likeness (QED) is 0.668. The molecular weight excluding hydrogens is 427 g/mol. The maximum atomic E-state index is 13.8. The number of likely N-dealkylation sites (tertiary alicyclic amines) is 2. The molecule has 2 atom stereocenters. The van der Waals surface area contributed by atoms with Crippen molar-refractivity contribution >= 4 is 11.8 Å². The second kappa shape index (κ2) is 8.34. The predicted molar refractivity (Wildman–Crippen MR) is 96.0 cm³/mol. The van der Waals surface area contributed by atoms with Crippen molar-refractivity contribution in [2.75, 3.05) is 32.8 Å². The molecule has 2 amide bonds. The Hall–Kier alpha value is -2.27. The standard InChI is InChI=1S/C20H21F5N2O4/c21-16-5-17(22)15(20(23,24)25)4-12(16)9-30-14-7-27(8-14)19(29)26-2-1-18-11(6-26)3-13(28)10-31-18/h4-5,11,14,18H,1-3,6-10H2/t11-,18+/m1/s1. The fourth-order valence-electron chi connectivity index (χ4n) is 4.18. The number of nitrogens with zero attached hydrogens (tertiary/aromatic N) is 2. The van der Waals surface area contributed by atoms with Crippen molar-refractivity contribution in [3.63, 3.8) is 0 Å². The first kappa shape index (κ1) is 21.9. The Bertz CT molecular complexity index is 872. The maximum absolute atomic E-state index is 13.8. The fraction of sp³-hybridized carbons (Fsp3) is 0.600. The van der Waals surface area contributed by atoms with Gasteiger partial charge >= 0.3 is 12.2 Å². The molecule has 3 saturated heterocycles. The molecule has 3 aliphatic heterocycles. The van der Waals surface area contributed by atoms with Crippen molar-refractivity contribution in [3.8, 4) is 0 Å². The second-order valence-electron chi connectivity index (χ2n) is 8.13. The third kappa shape index (κ3) is 4.67. The molecule has 3 fully saturated rings. The lowest BCUT2D eigenvalue weighted by atomic mass is 9.88. The van der Waals surface area contributed by atoms with Crippen molar-refractivity contribution in [1.29, 1.82) is 0 Å². The van der Waals surface area contributed by atoms with Crippen molar-refractivity contribution in [2.24, 2.45) is 5.92 Å². The lowest BCUT2D eigenvalue weighted by Crippen LogP contribution is -2.61. The van der Waals surface area contributed by atoms with Crippen molar-refractivity contribution < 1.29 is 41.0 Å². The van der Waals surface area contributed by atoms with E-state index in [1.807, 2.05) is 0 Å². The van der Waals surface area contributed by atoms with Crippen LogP contribution in [0.3, 0.4) is 0 Å². The summed E-state index contributed by atoms with van der Waals surface area (Å²) in [5.41, 5.74) is -1.95. The first-order valence-corrected chi connectivity index (χ1v) is 9.95. The molecule has 1 aromatic carbocycles. The summed E-state index contributed by atoms with van der Waals surface area (Å²) < 4.78 is 76.5. The molecule has 0 N–H and O–H groups in total. The SMILES string of the molecule is O=C1CO[C@H]2CCN(C(=O)N3CC(OCc4cc(C(F)(F)F)c(F)cc4F)C3)C[C@H]2C1. The van der Waals surface area contributed by atoms with Gasteiger partial charge in [0.05, 0.1) is 37.5 Å². The number of Topliss-reactive ketones (excluding diaryl/α,β-unsaturated/α-hetero) is 1. The summed E-state index contributed by atoms with van der Waals surface area (Å²) in [5.74, 6) is -2.79. The number of benzene rings is 1. The van der Waals surface area contributed by atoms with E-state index in [2.05, 4.69) is 0 Å². The van der Waals surface area contributed by atoms with E-state index in [1.54, 1.807) is 4.90 Å². The van der Waals surface area contributed by atoms with E-state index < -0.39 is 41.6 Å². The van der Waals surface area contributed by atoms with Crippen LogP contribution in [-0.2, 0) is 27.1 Å². The third-order valence-corrected chi connectivity index (χ3v) is 5.92. The number of amides is 2. The predicted octanol–water partition coefficient (Wildman–Crippen LogP) is 2.98. The van der Waals surface area contributed by atoms with E-state index in [-0.39, 0.29) is 49.6 Å². The van der Waals surface area contributed by atoms with Crippen LogP contribution in [0.2, 0.25) is 0 Å². The number of rotatable bonds is 3. The van der Waals surface area contributed by atoms with Gasteiger partial charge < -0.3 is 19.3 Å². The summed E-state index contributed by atoms with van der Waals surface area (Å²) in [4.78, 5) is 27.4. The first-order chi connectivity index (χ1) is 14.6. The number of alkyl halides is 3. The summed E-state index contributed by atoms with van der Waals surface area (Å²) in [6.45, 7) is 1.03. The lowest BCUT2D eigenvalue weighted by Gasteiger charge is -2.45. The summed E-state index contributed by atoms with van der Waals surface area (Å²) in [6, 6.07) is 0.398. The van der Waals surface area contributed by atoms with Crippen LogP contribution < -0.4 is 0 Å². The molecule has 11 heteroatoms. The van der Waals surface area contributed by atoms with Gasteiger partial charge in [-0.15, -0.1) is 0 Å². The zero-order chi connectivity index (χ0) is 22.3. The molecule has 0 unspecified atom stereocenters. The molecule has 6 nitrogen and oxygen atoms in total. The molecule has 0 saturated carbocycles. The highest BCUT2D eigenvalue weighted by Gasteiger charge is 2.40. The Morgan fingerprint density at radius 1 is 1.13 bits per heavy atom. The van der Waals surface area contributed by atoms with E-state index in [4.69, 9.17) is 9.47 Å². The van der Waals surface area contributed by atoms with E-state index in [9.17, 15) is 31.5 Å². The summed E-state index contributed by atoms with van der Waals surface area (Å²) in [5, 5.41) is 0. The second-order valence-corrected chi connectivity index (χ2v) is 8.13. The van der Waals surface area contributed by atoms with Crippen LogP contribution in [0, 0.1) is 17.6 Å². The number of ether oxygens (including phenoxy) is 2. The molecule has 0 aromatic heterocycles. The molecule has 0 spiro atoms. The number of ketones is 1. The normalized spacial score (nSPS) is 24.7. The topological polar surface area (TPSA) is 59.1 Å². The van der Waals surface area contributed by atoms with Crippen LogP contribution in [0.4, 0.5) is 26.7 Å². The number of piperidine rings is 1. The summed E-state index contributed by atoms with van der Waals surface area (Å²) in [6.07, 6.45) is -4.36. The monoisotopic (exact) mass is 448 g/mol. The number of hydrogen-bond donors (Lipinski definition) is 0. The lowest BCUT2D eigenvalue weighted by molar-refractivity contribution is -0.140. The van der Waals surface area contributed by atoms with Crippen LogP contribution in [0.25, 0.3) is 0 Å². The van der Waals surface area contributed by atoms with E-state index in [0.29, 0.717) is 32.0 Å². The number of fused-ring (bicyclic) bond motifs is 1. The Kier molecular flexibility index (Phi) is 5.91. The third-order valence-electron chi connectivity index (χ3n) is 5.92. The van der Waals surface area contributed by atoms with Gasteiger partial charge in [0.2, 0.25) is 0 Å². The van der Waals surface area contributed by atoms with Gasteiger partial charge in [0.15, 0.2) is 5.78 Å². The maximum Gasteiger partial charge on any atom is 0.419 e. The van der Waals surface area contributed by atoms with Crippen LogP contribution in [0.15, 0.2) is 12.1 Å². The van der Waals surface area contributed by atoms with Gasteiger partial charge in [-0.05, 0) is 12.5 Å². The Labute approximate surface area is 174 Å². The zero-order valence-corrected chi connectivity index (χ0v) is 16.5. The van der Waals surface area contributed by atoms with Crippen molar-refractivity contribution in [3.05, 3.63) is 34.9 Å². The molecule has 3 aliphatic rings. The van der Waals surface area contributed by atoms with Crippen LogP contribution in [0.5, 0.6) is 0 Å². The average molecular weight is 448 g/mol. The molecule has 170 valence electrons. The molecule has 1 aromatic rings. The van der Waals surface area contributed by atoms with Gasteiger partial charge in [0.25, 0.3) is 0 Å². The van der Waals surface area contributed by atoms with Gasteiger partial charge in [-0.25, -0.2) is 13.6 Å². The highest BCUT2D eigenvalue weighted by Crippen LogP contribution is 2.33. The number of hydrogen-bond acceptors (Lipinski definition) is 4. The Balaban J connectivity index is 1.27. The van der Waals surface area contributed by atoms with Crippen LogP contribution in [-0.4, -0.2) is 66.6 Å². The minimum atomic E-state index is -4.94. The highest BCUT2D eigenvalue weighted by molar-refractivity contribution is 5.81. The molecule has 4 rings (SSSR count). The molecule has 0 radical (unpaired) electrons. The van der Waals surface area contributed by atoms with Crippen LogP contribution >= 0.6 is 0 Å². The largest absolute Gasteiger partial charge is 0.419 e. The molecule has 31 heavy (non-hydrogen) atoms. The molecule has 0 aliphatic carbocycles. The van der Waals surface area contributed by atoms with Gasteiger partial charge in [0.1, 0.15) is 18.2 Å². The minimum Gasteiger partial charge on any atom is -0.370 e. The first-order valence-electron chi connectivity index (χ1n) is 9.95. The van der Waals surface area contributed by atoms with Crippen molar-refractivity contribution in [1.82, 2.24) is 9.80 Å². The van der Waals surface area contributed by atoms with E-state index >= 15 is 0 Å². The van der Waals surface area contributed by atoms with E-state index in [1.165, 1.54) is 4.90 Å². The fourth-order valence-corrected chi connectivity index (χ4v) is 4.18. The molecule has 0 bridgehead atoms. The minimum absolute atomic E-state index is 0.0126. The highest BCUT2D eigenvalue weighted by atomic mass is 19.4. The molecule has 3 heterocycles. The zero-order valence-electron chi connectivity index (χ0n) is 16.5. The van der Waals surface area contributed by atoms with Crippen molar-refractivity contribution in [2.45, 2.75) is 37.8 Å². The Morgan fingerprint density at radius 2 is 1.87 bits per heavy atom. The number of carbonyl (C=O) groups is 2. The number of carbonyl (C=O) groups excluding carboxylic acids is 2. The smallest absolute Gasteiger partial charge is 0.370 e. The van der Waals surface area contributed by atoms with Gasteiger partial charge in [0, 0.05) is 37.1 Å². The Morgan fingerprint density at radius 3 is 2.58 bits per heavy atom. The number of halogens is 5.